The molecule has 0 aliphatic heterocycles. The van der Waals surface area contributed by atoms with Gasteiger partial charge >= 0.3 is 11.9 Å². The summed E-state index contributed by atoms with van der Waals surface area (Å²) in [5.41, 5.74) is 1.92. The molecule has 0 unspecified atom stereocenters. The van der Waals surface area contributed by atoms with Gasteiger partial charge in [0.2, 0.25) is 5.91 Å². The number of rotatable bonds is 60. The third-order valence-corrected chi connectivity index (χ3v) is 15.8. The molecule has 0 aromatic heterocycles. The number of benzene rings is 2. The fourth-order valence-electron chi connectivity index (χ4n) is 10.4. The molecule has 0 saturated carbocycles. The lowest BCUT2D eigenvalue weighted by Gasteiger charge is -2.18. The Balaban J connectivity index is 2.02. The molecule has 2 aromatic rings. The molecule has 1 atom stereocenters. The standard InChI is InChI=1S/C72H123NO10/c1-6-10-14-18-22-26-30-34-40-54-78-66-49-46-63(60-68(66)80-56-42-36-32-28-24-20-16-12-8-3)52-58-82-71(76)51-48-65(73-70(75)45-39-38-44-62(5)74)72(77)83-59-53-64-47-50-67(79-55-41-35-31-27-23-19-15-11-7-2)69(61-64)81-57-43-37-33-29-25-21-17-13-9-4/h46-47,49-50,60-61,65H,6-45,48,51-59H2,1-5H3,(H,73,75)/t65-/m0/s1. The number of ether oxygens (including phenoxy) is 6. The minimum atomic E-state index is -1.04. The molecule has 0 aliphatic rings. The van der Waals surface area contributed by atoms with E-state index in [1.165, 1.54) is 187 Å². The van der Waals surface area contributed by atoms with E-state index in [2.05, 4.69) is 33.0 Å². The fraction of sp³-hybridized carbons (Fsp3) is 0.778. The number of esters is 2. The highest BCUT2D eigenvalue weighted by atomic mass is 16.5. The Morgan fingerprint density at radius 1 is 0.361 bits per heavy atom. The Kier molecular flexibility index (Phi) is 49.0. The smallest absolute Gasteiger partial charge is 0.328 e. The van der Waals surface area contributed by atoms with Gasteiger partial charge in [0.25, 0.3) is 0 Å². The molecule has 11 nitrogen and oxygen atoms in total. The maximum absolute atomic E-state index is 13.7. The van der Waals surface area contributed by atoms with Gasteiger partial charge in [-0.3, -0.25) is 9.59 Å². The molecular weight excluding hydrogens is 1040 g/mol. The maximum atomic E-state index is 13.7. The van der Waals surface area contributed by atoms with Crippen LogP contribution in [0.5, 0.6) is 23.0 Å². The Bertz CT molecular complexity index is 1890. The monoisotopic (exact) mass is 1160 g/mol. The average molecular weight is 1160 g/mol. The van der Waals surface area contributed by atoms with E-state index in [-0.39, 0.29) is 44.2 Å². The number of hydrogen-bond acceptors (Lipinski definition) is 10. The Labute approximate surface area is 507 Å². The van der Waals surface area contributed by atoms with Crippen LogP contribution in [0, 0.1) is 0 Å². The van der Waals surface area contributed by atoms with Crippen LogP contribution in [0.15, 0.2) is 36.4 Å². The van der Waals surface area contributed by atoms with Gasteiger partial charge in [-0.25, -0.2) is 4.79 Å². The van der Waals surface area contributed by atoms with Crippen LogP contribution in [0.4, 0.5) is 0 Å². The quantitative estimate of drug-likeness (QED) is 0.0504. The number of carbonyl (C=O) groups excluding carboxylic acids is 4. The van der Waals surface area contributed by atoms with E-state index in [1.54, 1.807) is 0 Å². The Morgan fingerprint density at radius 3 is 1.05 bits per heavy atom. The normalized spacial score (nSPS) is 11.6. The van der Waals surface area contributed by atoms with Crippen molar-refractivity contribution in [2.75, 3.05) is 39.6 Å². The zero-order valence-electron chi connectivity index (χ0n) is 54.0. The summed E-state index contributed by atoms with van der Waals surface area (Å²) in [4.78, 5) is 51.6. The molecule has 1 amide bonds. The molecule has 0 saturated heterocycles. The summed E-state index contributed by atoms with van der Waals surface area (Å²) in [7, 11) is 0. The van der Waals surface area contributed by atoms with E-state index < -0.39 is 18.0 Å². The minimum Gasteiger partial charge on any atom is -0.490 e. The maximum Gasteiger partial charge on any atom is 0.328 e. The van der Waals surface area contributed by atoms with Crippen LogP contribution >= 0.6 is 0 Å². The summed E-state index contributed by atoms with van der Waals surface area (Å²) in [6, 6.07) is 10.9. The highest BCUT2D eigenvalue weighted by Gasteiger charge is 2.24. The van der Waals surface area contributed by atoms with Crippen molar-refractivity contribution in [3.8, 4) is 23.0 Å². The second-order valence-corrected chi connectivity index (χ2v) is 23.7. The van der Waals surface area contributed by atoms with Gasteiger partial charge in [-0.15, -0.1) is 0 Å². The molecule has 2 rings (SSSR count). The Hall–Kier alpha value is -4.28. The van der Waals surface area contributed by atoms with Crippen LogP contribution in [0.2, 0.25) is 0 Å². The molecule has 0 heterocycles. The highest BCUT2D eigenvalue weighted by molar-refractivity contribution is 5.85. The van der Waals surface area contributed by atoms with Crippen molar-refractivity contribution in [2.45, 2.75) is 323 Å². The van der Waals surface area contributed by atoms with Crippen LogP contribution in [0.3, 0.4) is 0 Å². The predicted octanol–water partition coefficient (Wildman–Crippen LogP) is 19.6. The van der Waals surface area contributed by atoms with Crippen LogP contribution in [-0.2, 0) is 41.5 Å². The second kappa shape index (κ2) is 54.4. The van der Waals surface area contributed by atoms with Crippen molar-refractivity contribution in [3.05, 3.63) is 47.5 Å². The molecule has 0 spiro atoms. The number of ketones is 1. The minimum absolute atomic E-state index is 0.0283. The third-order valence-electron chi connectivity index (χ3n) is 15.8. The first-order valence-electron chi connectivity index (χ1n) is 34.6. The lowest BCUT2D eigenvalue weighted by Crippen LogP contribution is -2.42. The van der Waals surface area contributed by atoms with Gasteiger partial charge in [0, 0.05) is 32.1 Å². The molecule has 1 N–H and O–H groups in total. The van der Waals surface area contributed by atoms with Crippen molar-refractivity contribution < 1.29 is 47.6 Å². The number of nitrogens with one attached hydrogen (secondary N) is 1. The zero-order valence-corrected chi connectivity index (χ0v) is 54.0. The molecule has 2 aromatic carbocycles. The van der Waals surface area contributed by atoms with Crippen LogP contribution in [0.25, 0.3) is 0 Å². The van der Waals surface area contributed by atoms with Crippen LogP contribution in [-0.4, -0.2) is 69.3 Å². The summed E-state index contributed by atoms with van der Waals surface area (Å²) in [5.74, 6) is 1.60. The Morgan fingerprint density at radius 2 is 0.687 bits per heavy atom. The van der Waals surface area contributed by atoms with Crippen molar-refractivity contribution >= 4 is 23.6 Å². The van der Waals surface area contributed by atoms with Crippen molar-refractivity contribution in [3.63, 3.8) is 0 Å². The molecule has 0 fully saturated rings. The van der Waals surface area contributed by atoms with Gasteiger partial charge in [-0.2, -0.15) is 0 Å². The van der Waals surface area contributed by atoms with Gasteiger partial charge in [0.15, 0.2) is 23.0 Å². The predicted molar refractivity (Wildman–Crippen MR) is 343 cm³/mol. The van der Waals surface area contributed by atoms with Crippen LogP contribution in [0.1, 0.15) is 315 Å². The summed E-state index contributed by atoms with van der Waals surface area (Å²) in [6.45, 7) is 13.3. The summed E-state index contributed by atoms with van der Waals surface area (Å²) < 4.78 is 36.9. The lowest BCUT2D eigenvalue weighted by atomic mass is 10.1. The lowest BCUT2D eigenvalue weighted by molar-refractivity contribution is -0.149. The largest absolute Gasteiger partial charge is 0.490 e. The topological polar surface area (TPSA) is 136 Å². The van der Waals surface area contributed by atoms with E-state index in [1.807, 2.05) is 36.4 Å². The van der Waals surface area contributed by atoms with Gasteiger partial charge < -0.3 is 38.5 Å². The van der Waals surface area contributed by atoms with Gasteiger partial charge in [0.1, 0.15) is 11.8 Å². The summed E-state index contributed by atoms with van der Waals surface area (Å²) in [5, 5.41) is 2.82. The highest BCUT2D eigenvalue weighted by Crippen LogP contribution is 2.31. The SMILES string of the molecule is CCCCCCCCCCCOc1ccc(CCOC(=O)CC[C@H](NC(=O)CCCCC(C)=O)C(=O)OCCc2ccc(OCCCCCCCCCCC)c(OCCCCCCCCCCC)c2)cc1OCCCCCCCCCCC. The fourth-order valence-corrected chi connectivity index (χ4v) is 10.4. The molecule has 11 heteroatoms. The van der Waals surface area contributed by atoms with E-state index in [0.717, 1.165) is 79.7 Å². The molecular formula is C72H123NO10. The van der Waals surface area contributed by atoms with Crippen molar-refractivity contribution in [1.82, 2.24) is 5.32 Å². The van der Waals surface area contributed by atoms with E-state index >= 15 is 0 Å². The average Bonchev–Trinajstić information content (AvgIpc) is 3.49. The van der Waals surface area contributed by atoms with Crippen molar-refractivity contribution in [2.24, 2.45) is 0 Å². The molecule has 0 aliphatic carbocycles. The van der Waals surface area contributed by atoms with Crippen LogP contribution < -0.4 is 24.3 Å². The van der Waals surface area contributed by atoms with Crippen molar-refractivity contribution in [1.29, 1.82) is 0 Å². The number of amides is 1. The third kappa shape index (κ3) is 43.1. The molecule has 0 radical (unpaired) electrons. The first-order chi connectivity index (χ1) is 40.7. The second-order valence-electron chi connectivity index (χ2n) is 23.7. The molecule has 476 valence electrons. The number of unbranched alkanes of at least 4 members (excludes halogenated alkanes) is 33. The van der Waals surface area contributed by atoms with Gasteiger partial charge in [0.05, 0.1) is 39.6 Å². The number of Topliss-reactive ketones (excluding diaryl/α,β-unsaturated/α-hetero) is 1. The number of hydrogen-bond donors (Lipinski definition) is 1. The molecule has 0 bridgehead atoms. The summed E-state index contributed by atoms with van der Waals surface area (Å²) >= 11 is 0. The first kappa shape index (κ1) is 74.8. The van der Waals surface area contributed by atoms with Gasteiger partial charge in [-0.1, -0.05) is 245 Å². The van der Waals surface area contributed by atoms with E-state index in [9.17, 15) is 19.2 Å². The zero-order chi connectivity index (χ0) is 59.9. The number of carbonyl (C=O) groups is 4. The first-order valence-corrected chi connectivity index (χ1v) is 34.6. The van der Waals surface area contributed by atoms with Gasteiger partial charge in [-0.05, 0) is 87.3 Å². The molecule has 83 heavy (non-hydrogen) atoms. The van der Waals surface area contributed by atoms with E-state index in [0.29, 0.717) is 64.3 Å². The van der Waals surface area contributed by atoms with E-state index in [4.69, 9.17) is 28.4 Å². The summed E-state index contributed by atoms with van der Waals surface area (Å²) in [6.07, 6.45) is 47.4.